The molecule has 0 aliphatic rings. The van der Waals surface area contributed by atoms with Gasteiger partial charge in [0.25, 0.3) is 0 Å². The largest absolute Gasteiger partial charge is 0.265 e. The lowest BCUT2D eigenvalue weighted by Crippen LogP contribution is -2.04. The summed E-state index contributed by atoms with van der Waals surface area (Å²) in [5.74, 6) is 0. The number of hydrogen-bond donors (Lipinski definition) is 0. The van der Waals surface area contributed by atoms with E-state index in [1.807, 2.05) is 6.92 Å². The minimum absolute atomic E-state index is 0.0619. The van der Waals surface area contributed by atoms with Crippen molar-refractivity contribution in [3.05, 3.63) is 10.1 Å². The van der Waals surface area contributed by atoms with E-state index >= 15 is 0 Å². The molecule has 0 aromatic heterocycles. The molecule has 3 nitrogen and oxygen atoms in total. The van der Waals surface area contributed by atoms with Crippen molar-refractivity contribution >= 4 is 15.9 Å². The monoisotopic (exact) mass is 181 g/mol. The molecule has 1 atom stereocenters. The van der Waals surface area contributed by atoms with Gasteiger partial charge in [-0.15, -0.1) is 0 Å². The highest BCUT2D eigenvalue weighted by atomic mass is 79.9. The Bertz CT molecular complexity index is 84.1. The molecule has 4 heteroatoms. The molecule has 0 saturated carbocycles. The van der Waals surface area contributed by atoms with Gasteiger partial charge in [-0.3, -0.25) is 10.1 Å². The van der Waals surface area contributed by atoms with Gasteiger partial charge in [0.1, 0.15) is 0 Å². The summed E-state index contributed by atoms with van der Waals surface area (Å²) in [4.78, 5) is 9.64. The van der Waals surface area contributed by atoms with Gasteiger partial charge >= 0.3 is 0 Å². The van der Waals surface area contributed by atoms with Crippen molar-refractivity contribution in [2.24, 2.45) is 0 Å². The zero-order valence-electron chi connectivity index (χ0n) is 4.63. The molecule has 0 heterocycles. The summed E-state index contributed by atoms with van der Waals surface area (Å²) in [6.45, 7) is 1.95. The maximum Gasteiger partial charge on any atom is 0.204 e. The van der Waals surface area contributed by atoms with Crippen molar-refractivity contribution in [1.82, 2.24) is 0 Å². The molecule has 0 N–H and O–H groups in total. The first kappa shape index (κ1) is 7.88. The molecule has 0 aromatic rings. The van der Waals surface area contributed by atoms with Crippen LogP contribution in [-0.4, -0.2) is 16.3 Å². The van der Waals surface area contributed by atoms with E-state index in [9.17, 15) is 10.1 Å². The Morgan fingerprint density at radius 2 is 2.38 bits per heavy atom. The Labute approximate surface area is 56.4 Å². The molecule has 0 amide bonds. The van der Waals surface area contributed by atoms with Crippen molar-refractivity contribution in [1.29, 1.82) is 0 Å². The quantitative estimate of drug-likeness (QED) is 0.376. The summed E-state index contributed by atoms with van der Waals surface area (Å²) in [6, 6.07) is 0. The smallest absolute Gasteiger partial charge is 0.204 e. The van der Waals surface area contributed by atoms with E-state index in [1.54, 1.807) is 0 Å². The number of hydrogen-bond acceptors (Lipinski definition) is 2. The van der Waals surface area contributed by atoms with Crippen LogP contribution in [0.1, 0.15) is 13.3 Å². The van der Waals surface area contributed by atoms with Crippen molar-refractivity contribution in [3.63, 3.8) is 0 Å². The molecule has 0 rings (SSSR count). The Hall–Kier alpha value is -0.120. The predicted molar refractivity (Wildman–Crippen MR) is 34.9 cm³/mol. The lowest BCUT2D eigenvalue weighted by molar-refractivity contribution is -0.480. The molecule has 0 fully saturated rings. The van der Waals surface area contributed by atoms with E-state index in [2.05, 4.69) is 15.9 Å². The number of nitro groups is 1. The first-order valence-electron chi connectivity index (χ1n) is 2.39. The summed E-state index contributed by atoms with van der Waals surface area (Å²) >= 11 is 3.20. The van der Waals surface area contributed by atoms with E-state index in [-0.39, 0.29) is 16.3 Å². The van der Waals surface area contributed by atoms with Crippen LogP contribution < -0.4 is 0 Å². The highest BCUT2D eigenvalue weighted by Gasteiger charge is 2.00. The van der Waals surface area contributed by atoms with Crippen LogP contribution in [0.2, 0.25) is 0 Å². The van der Waals surface area contributed by atoms with E-state index in [4.69, 9.17) is 0 Å². The van der Waals surface area contributed by atoms with Gasteiger partial charge in [0.05, 0.1) is 0 Å². The van der Waals surface area contributed by atoms with Gasteiger partial charge in [-0.25, -0.2) is 0 Å². The average Bonchev–Trinajstić information content (AvgIpc) is 1.61. The Kier molecular flexibility index (Phi) is 3.77. The molecule has 0 saturated heterocycles. The van der Waals surface area contributed by atoms with Crippen LogP contribution in [0.3, 0.4) is 0 Å². The topological polar surface area (TPSA) is 43.1 Å². The molecular weight excluding hydrogens is 174 g/mol. The first-order chi connectivity index (χ1) is 3.63. The average molecular weight is 182 g/mol. The van der Waals surface area contributed by atoms with E-state index in [0.717, 1.165) is 0 Å². The zero-order chi connectivity index (χ0) is 6.57. The second-order valence-electron chi connectivity index (χ2n) is 1.63. The maximum atomic E-state index is 9.69. The van der Waals surface area contributed by atoms with Crippen molar-refractivity contribution in [3.8, 4) is 0 Å². The number of nitrogens with zero attached hydrogens (tertiary/aromatic N) is 1. The van der Waals surface area contributed by atoms with Gasteiger partial charge in [-0.1, -0.05) is 22.9 Å². The Morgan fingerprint density at radius 3 is 2.50 bits per heavy atom. The van der Waals surface area contributed by atoms with E-state index in [1.165, 1.54) is 0 Å². The van der Waals surface area contributed by atoms with E-state index in [0.29, 0.717) is 6.42 Å². The van der Waals surface area contributed by atoms with Crippen molar-refractivity contribution in [2.45, 2.75) is 18.2 Å². The zero-order valence-corrected chi connectivity index (χ0v) is 6.22. The van der Waals surface area contributed by atoms with Crippen LogP contribution >= 0.6 is 15.9 Å². The minimum atomic E-state index is -0.308. The van der Waals surface area contributed by atoms with Crippen LogP contribution in [0.5, 0.6) is 0 Å². The SMILES string of the molecule is CC(Br)CC[N+](=O)[O-]. The Morgan fingerprint density at radius 1 is 1.88 bits per heavy atom. The van der Waals surface area contributed by atoms with Crippen LogP contribution in [0, 0.1) is 10.1 Å². The third-order valence-electron chi connectivity index (χ3n) is 0.709. The molecule has 1 unspecified atom stereocenters. The lowest BCUT2D eigenvalue weighted by atomic mass is 10.3. The third kappa shape index (κ3) is 5.88. The van der Waals surface area contributed by atoms with Gasteiger partial charge in [-0.2, -0.15) is 0 Å². The normalized spacial score (nSPS) is 13.2. The lowest BCUT2D eigenvalue weighted by Gasteiger charge is -1.94. The molecule has 0 aromatic carbocycles. The molecular formula is C4H8BrNO2. The third-order valence-corrected chi connectivity index (χ3v) is 1.17. The highest BCUT2D eigenvalue weighted by Crippen LogP contribution is 2.01. The first-order valence-corrected chi connectivity index (χ1v) is 3.30. The van der Waals surface area contributed by atoms with Gasteiger partial charge in [0.2, 0.25) is 6.54 Å². The van der Waals surface area contributed by atoms with Crippen molar-refractivity contribution in [2.75, 3.05) is 6.54 Å². The fourth-order valence-electron chi connectivity index (χ4n) is 0.283. The van der Waals surface area contributed by atoms with Crippen LogP contribution in [0.4, 0.5) is 0 Å². The number of alkyl halides is 1. The number of rotatable bonds is 3. The van der Waals surface area contributed by atoms with Gasteiger partial charge in [0.15, 0.2) is 0 Å². The molecule has 48 valence electrons. The summed E-state index contributed by atoms with van der Waals surface area (Å²) < 4.78 is 0. The van der Waals surface area contributed by atoms with Crippen molar-refractivity contribution < 1.29 is 4.92 Å². The molecule has 0 bridgehead atoms. The fraction of sp³-hybridized carbons (Fsp3) is 1.00. The molecule has 0 spiro atoms. The fourth-order valence-corrected chi connectivity index (χ4v) is 0.488. The minimum Gasteiger partial charge on any atom is -0.265 e. The van der Waals surface area contributed by atoms with E-state index < -0.39 is 0 Å². The second-order valence-corrected chi connectivity index (χ2v) is 3.19. The second kappa shape index (κ2) is 3.83. The summed E-state index contributed by atoms with van der Waals surface area (Å²) in [7, 11) is 0. The molecule has 0 aliphatic heterocycles. The van der Waals surface area contributed by atoms with Crippen LogP contribution in [-0.2, 0) is 0 Å². The van der Waals surface area contributed by atoms with Gasteiger partial charge in [-0.05, 0) is 0 Å². The van der Waals surface area contributed by atoms with Gasteiger partial charge in [0, 0.05) is 16.2 Å². The van der Waals surface area contributed by atoms with Crippen LogP contribution in [0.25, 0.3) is 0 Å². The van der Waals surface area contributed by atoms with Crippen LogP contribution in [0.15, 0.2) is 0 Å². The summed E-state index contributed by atoms with van der Waals surface area (Å²) in [5, 5.41) is 9.69. The number of halogens is 1. The Balaban J connectivity index is 3.05. The standard InChI is InChI=1S/C4H8BrNO2/c1-4(5)2-3-6(7)8/h4H,2-3H2,1H3. The summed E-state index contributed by atoms with van der Waals surface area (Å²) in [5.41, 5.74) is 0. The van der Waals surface area contributed by atoms with Gasteiger partial charge < -0.3 is 0 Å². The predicted octanol–water partition coefficient (Wildman–Crippen LogP) is 1.44. The molecule has 0 aliphatic carbocycles. The maximum absolute atomic E-state index is 9.69. The summed E-state index contributed by atoms with van der Waals surface area (Å²) in [6.07, 6.45) is 0.604. The highest BCUT2D eigenvalue weighted by molar-refractivity contribution is 9.09. The molecule has 0 radical (unpaired) electrons. The molecule has 8 heavy (non-hydrogen) atoms.